The standard InChI is InChI=1S/C15H31NO5/c1-4-6-8-19-10-12-21-13-11-20-9-7-16(5-2)14-15(17)18-3/h4-14H2,1-3H3. The second-order valence-corrected chi connectivity index (χ2v) is 4.64. The summed E-state index contributed by atoms with van der Waals surface area (Å²) in [6.45, 7) is 9.74. The van der Waals surface area contributed by atoms with Gasteiger partial charge in [-0.15, -0.1) is 0 Å². The van der Waals surface area contributed by atoms with Crippen LogP contribution in [-0.2, 0) is 23.7 Å². The van der Waals surface area contributed by atoms with Gasteiger partial charge in [0.05, 0.1) is 46.7 Å². The fourth-order valence-electron chi connectivity index (χ4n) is 1.58. The number of esters is 1. The van der Waals surface area contributed by atoms with Crippen molar-refractivity contribution in [2.24, 2.45) is 0 Å². The van der Waals surface area contributed by atoms with Crippen LogP contribution in [0.3, 0.4) is 0 Å². The minimum atomic E-state index is -0.219. The van der Waals surface area contributed by atoms with Crippen molar-refractivity contribution in [3.63, 3.8) is 0 Å². The largest absolute Gasteiger partial charge is 0.468 e. The summed E-state index contributed by atoms with van der Waals surface area (Å²) in [7, 11) is 1.40. The Morgan fingerprint density at radius 1 is 0.905 bits per heavy atom. The smallest absolute Gasteiger partial charge is 0.319 e. The molecule has 0 aliphatic carbocycles. The molecular formula is C15H31NO5. The minimum Gasteiger partial charge on any atom is -0.468 e. The molecule has 0 saturated carbocycles. The Hall–Kier alpha value is -0.690. The van der Waals surface area contributed by atoms with Crippen LogP contribution in [0.15, 0.2) is 0 Å². The Labute approximate surface area is 128 Å². The Kier molecular flexibility index (Phi) is 15.2. The number of nitrogens with zero attached hydrogens (tertiary/aromatic N) is 1. The highest BCUT2D eigenvalue weighted by Crippen LogP contribution is 1.91. The second kappa shape index (κ2) is 15.7. The minimum absolute atomic E-state index is 0.219. The van der Waals surface area contributed by atoms with Crippen LogP contribution < -0.4 is 0 Å². The van der Waals surface area contributed by atoms with Gasteiger partial charge in [0.2, 0.25) is 0 Å². The Balaban J connectivity index is 3.28. The Morgan fingerprint density at radius 2 is 1.48 bits per heavy atom. The third-order valence-electron chi connectivity index (χ3n) is 2.97. The molecule has 0 spiro atoms. The van der Waals surface area contributed by atoms with Gasteiger partial charge in [0.25, 0.3) is 0 Å². The third-order valence-corrected chi connectivity index (χ3v) is 2.97. The van der Waals surface area contributed by atoms with E-state index in [1.54, 1.807) is 0 Å². The molecule has 0 atom stereocenters. The first-order valence-corrected chi connectivity index (χ1v) is 7.76. The first-order valence-electron chi connectivity index (χ1n) is 7.76. The fourth-order valence-corrected chi connectivity index (χ4v) is 1.58. The first-order chi connectivity index (χ1) is 10.2. The zero-order chi connectivity index (χ0) is 15.8. The number of hydrogen-bond donors (Lipinski definition) is 0. The molecule has 0 aliphatic rings. The van der Waals surface area contributed by atoms with E-state index in [1.165, 1.54) is 7.11 Å². The summed E-state index contributed by atoms with van der Waals surface area (Å²) < 4.78 is 20.9. The third kappa shape index (κ3) is 14.0. The van der Waals surface area contributed by atoms with Gasteiger partial charge < -0.3 is 18.9 Å². The Morgan fingerprint density at radius 3 is 2.00 bits per heavy atom. The maximum absolute atomic E-state index is 11.1. The van der Waals surface area contributed by atoms with Gasteiger partial charge in [-0.25, -0.2) is 0 Å². The van der Waals surface area contributed by atoms with Crippen molar-refractivity contribution in [1.82, 2.24) is 4.90 Å². The maximum atomic E-state index is 11.1. The molecule has 0 aliphatic heterocycles. The molecule has 0 amide bonds. The zero-order valence-corrected chi connectivity index (χ0v) is 13.8. The van der Waals surface area contributed by atoms with E-state index < -0.39 is 0 Å². The van der Waals surface area contributed by atoms with Gasteiger partial charge in [0.15, 0.2) is 0 Å². The van der Waals surface area contributed by atoms with E-state index >= 15 is 0 Å². The van der Waals surface area contributed by atoms with Gasteiger partial charge >= 0.3 is 5.97 Å². The van der Waals surface area contributed by atoms with Gasteiger partial charge in [0.1, 0.15) is 0 Å². The molecule has 0 aromatic rings. The number of methoxy groups -OCH3 is 1. The predicted molar refractivity (Wildman–Crippen MR) is 81.5 cm³/mol. The van der Waals surface area contributed by atoms with Crippen molar-refractivity contribution in [3.05, 3.63) is 0 Å². The van der Waals surface area contributed by atoms with E-state index in [2.05, 4.69) is 11.7 Å². The normalized spacial score (nSPS) is 11.0. The van der Waals surface area contributed by atoms with Crippen LogP contribution in [-0.4, -0.2) is 77.3 Å². The van der Waals surface area contributed by atoms with E-state index in [4.69, 9.17) is 14.2 Å². The quantitative estimate of drug-likeness (QED) is 0.336. The molecule has 0 bridgehead atoms. The topological polar surface area (TPSA) is 57.2 Å². The molecule has 6 nitrogen and oxygen atoms in total. The molecule has 126 valence electrons. The van der Waals surface area contributed by atoms with Crippen LogP contribution in [0.5, 0.6) is 0 Å². The number of carbonyl (C=O) groups excluding carboxylic acids is 1. The molecule has 21 heavy (non-hydrogen) atoms. The summed E-state index contributed by atoms with van der Waals surface area (Å²) in [5.74, 6) is -0.219. The number of rotatable bonds is 15. The average Bonchev–Trinajstić information content (AvgIpc) is 2.51. The summed E-state index contributed by atoms with van der Waals surface area (Å²) in [4.78, 5) is 13.1. The molecule has 0 radical (unpaired) electrons. The van der Waals surface area contributed by atoms with Gasteiger partial charge in [-0.2, -0.15) is 0 Å². The summed E-state index contributed by atoms with van der Waals surface area (Å²) in [6, 6.07) is 0. The number of carbonyl (C=O) groups is 1. The molecule has 0 heterocycles. The van der Waals surface area contributed by atoms with Gasteiger partial charge in [0, 0.05) is 13.2 Å². The van der Waals surface area contributed by atoms with E-state index in [0.717, 1.165) is 26.0 Å². The number of hydrogen-bond acceptors (Lipinski definition) is 6. The summed E-state index contributed by atoms with van der Waals surface area (Å²) >= 11 is 0. The van der Waals surface area contributed by atoms with Crippen molar-refractivity contribution in [2.75, 3.05) is 66.4 Å². The fraction of sp³-hybridized carbons (Fsp3) is 0.933. The molecule has 0 rings (SSSR count). The van der Waals surface area contributed by atoms with Crippen molar-refractivity contribution >= 4 is 5.97 Å². The molecule has 0 aromatic carbocycles. The lowest BCUT2D eigenvalue weighted by atomic mass is 10.4. The lowest BCUT2D eigenvalue weighted by Crippen LogP contribution is -2.33. The van der Waals surface area contributed by atoms with Crippen molar-refractivity contribution in [2.45, 2.75) is 26.7 Å². The van der Waals surface area contributed by atoms with Crippen LogP contribution in [0.1, 0.15) is 26.7 Å². The summed E-state index contributed by atoms with van der Waals surface area (Å²) in [5, 5.41) is 0. The van der Waals surface area contributed by atoms with Crippen LogP contribution in [0.4, 0.5) is 0 Å². The number of ether oxygens (including phenoxy) is 4. The lowest BCUT2D eigenvalue weighted by molar-refractivity contribution is -0.142. The van der Waals surface area contributed by atoms with Gasteiger partial charge in [-0.3, -0.25) is 9.69 Å². The SMILES string of the molecule is CCCCOCCOCCOCCN(CC)CC(=O)OC. The zero-order valence-electron chi connectivity index (χ0n) is 13.8. The molecule has 0 saturated heterocycles. The second-order valence-electron chi connectivity index (χ2n) is 4.64. The van der Waals surface area contributed by atoms with Crippen LogP contribution in [0.2, 0.25) is 0 Å². The van der Waals surface area contributed by atoms with Crippen molar-refractivity contribution in [1.29, 1.82) is 0 Å². The van der Waals surface area contributed by atoms with Crippen molar-refractivity contribution in [3.8, 4) is 0 Å². The first kappa shape index (κ1) is 20.3. The average molecular weight is 305 g/mol. The highest BCUT2D eigenvalue weighted by atomic mass is 16.5. The molecule has 0 unspecified atom stereocenters. The molecule has 0 N–H and O–H groups in total. The van der Waals surface area contributed by atoms with Crippen LogP contribution in [0.25, 0.3) is 0 Å². The Bertz CT molecular complexity index is 238. The number of likely N-dealkylation sites (N-methyl/N-ethyl adjacent to an activating group) is 1. The summed E-state index contributed by atoms with van der Waals surface area (Å²) in [6.07, 6.45) is 2.25. The lowest BCUT2D eigenvalue weighted by Gasteiger charge is -2.18. The van der Waals surface area contributed by atoms with E-state index in [0.29, 0.717) is 46.1 Å². The van der Waals surface area contributed by atoms with E-state index in [-0.39, 0.29) is 5.97 Å². The molecule has 0 aromatic heterocycles. The van der Waals surface area contributed by atoms with Gasteiger partial charge in [-0.05, 0) is 13.0 Å². The molecule has 0 fully saturated rings. The highest BCUT2D eigenvalue weighted by Gasteiger charge is 2.08. The van der Waals surface area contributed by atoms with Gasteiger partial charge in [-0.1, -0.05) is 20.3 Å². The van der Waals surface area contributed by atoms with Crippen molar-refractivity contribution < 1.29 is 23.7 Å². The van der Waals surface area contributed by atoms with Crippen LogP contribution >= 0.6 is 0 Å². The monoisotopic (exact) mass is 305 g/mol. The van der Waals surface area contributed by atoms with E-state index in [9.17, 15) is 4.79 Å². The van der Waals surface area contributed by atoms with E-state index in [1.807, 2.05) is 11.8 Å². The number of unbranched alkanes of at least 4 members (excludes halogenated alkanes) is 1. The summed E-state index contributed by atoms with van der Waals surface area (Å²) in [5.41, 5.74) is 0. The molecule has 6 heteroatoms. The predicted octanol–water partition coefficient (Wildman–Crippen LogP) is 1.33. The maximum Gasteiger partial charge on any atom is 0.319 e. The molecular weight excluding hydrogens is 274 g/mol. The highest BCUT2D eigenvalue weighted by molar-refractivity contribution is 5.71. The van der Waals surface area contributed by atoms with Crippen LogP contribution in [0, 0.1) is 0 Å².